The van der Waals surface area contributed by atoms with Gasteiger partial charge in [-0.15, -0.1) is 11.8 Å². The van der Waals surface area contributed by atoms with E-state index in [-0.39, 0.29) is 23.0 Å². The van der Waals surface area contributed by atoms with Crippen LogP contribution in [0.2, 0.25) is 0 Å². The normalized spacial score (nSPS) is 18.7. The zero-order chi connectivity index (χ0) is 25.9. The fourth-order valence-corrected chi connectivity index (χ4v) is 6.53. The lowest BCUT2D eigenvalue weighted by molar-refractivity contribution is -0.120. The molecule has 1 aromatic heterocycles. The van der Waals surface area contributed by atoms with Crippen molar-refractivity contribution < 1.29 is 9.18 Å². The van der Waals surface area contributed by atoms with Gasteiger partial charge in [0.15, 0.2) is 0 Å². The molecule has 3 aromatic carbocycles. The minimum Gasteiger partial charge on any atom is -0.355 e. The molecule has 0 spiro atoms. The van der Waals surface area contributed by atoms with E-state index in [2.05, 4.69) is 44.8 Å². The summed E-state index contributed by atoms with van der Waals surface area (Å²) in [4.78, 5) is 21.0. The summed E-state index contributed by atoms with van der Waals surface area (Å²) in [5.74, 6) is -0.244. The molecule has 3 heterocycles. The number of aromatic nitrogens is 1. The quantitative estimate of drug-likeness (QED) is 0.304. The van der Waals surface area contributed by atoms with Gasteiger partial charge in [0, 0.05) is 52.7 Å². The van der Waals surface area contributed by atoms with E-state index in [1.807, 2.05) is 30.3 Å². The lowest BCUT2D eigenvalue weighted by Gasteiger charge is -2.24. The topological polar surface area (TPSA) is 57.3 Å². The van der Waals surface area contributed by atoms with E-state index in [9.17, 15) is 9.18 Å². The van der Waals surface area contributed by atoms with E-state index >= 15 is 0 Å². The molecule has 0 radical (unpaired) electrons. The van der Waals surface area contributed by atoms with Crippen LogP contribution in [-0.2, 0) is 24.2 Å². The second-order valence-electron chi connectivity index (χ2n) is 9.87. The van der Waals surface area contributed by atoms with Crippen molar-refractivity contribution in [2.24, 2.45) is 0 Å². The summed E-state index contributed by atoms with van der Waals surface area (Å²) in [5, 5.41) is 6.99. The molecule has 192 valence electrons. The number of pyridine rings is 1. The smallest absolute Gasteiger partial charge is 0.241 e. The van der Waals surface area contributed by atoms with Crippen LogP contribution in [0.1, 0.15) is 23.1 Å². The van der Waals surface area contributed by atoms with Gasteiger partial charge < -0.3 is 10.6 Å². The third kappa shape index (κ3) is 5.59. The number of hydrogen-bond donors (Lipinski definition) is 2. The molecule has 38 heavy (non-hydrogen) atoms. The van der Waals surface area contributed by atoms with Gasteiger partial charge in [-0.1, -0.05) is 24.3 Å². The Kier molecular flexibility index (Phi) is 7.12. The first-order valence-electron chi connectivity index (χ1n) is 12.9. The molecule has 0 unspecified atom stereocenters. The molecule has 2 N–H and O–H groups in total. The van der Waals surface area contributed by atoms with E-state index in [1.165, 1.54) is 23.3 Å². The van der Waals surface area contributed by atoms with Crippen molar-refractivity contribution in [3.8, 4) is 0 Å². The van der Waals surface area contributed by atoms with Gasteiger partial charge in [-0.25, -0.2) is 4.39 Å². The molecule has 5 nitrogen and oxygen atoms in total. The number of nitrogens with zero attached hydrogens (tertiary/aromatic N) is 2. The molecule has 7 heteroatoms. The van der Waals surface area contributed by atoms with Crippen molar-refractivity contribution in [1.82, 2.24) is 9.88 Å². The number of halogens is 1. The van der Waals surface area contributed by atoms with Crippen LogP contribution in [0.15, 0.2) is 96.2 Å². The molecule has 2 aliphatic rings. The summed E-state index contributed by atoms with van der Waals surface area (Å²) in [6.07, 6.45) is 6.23. The Hall–Kier alpha value is -3.68. The number of carbonyl (C=O) groups excluding carboxylic acids is 1. The molecule has 0 aliphatic carbocycles. The lowest BCUT2D eigenvalue weighted by atomic mass is 10.0. The highest BCUT2D eigenvalue weighted by molar-refractivity contribution is 8.00. The zero-order valence-electron chi connectivity index (χ0n) is 20.9. The highest BCUT2D eigenvalue weighted by Crippen LogP contribution is 2.35. The summed E-state index contributed by atoms with van der Waals surface area (Å²) >= 11 is 1.71. The molecule has 1 fully saturated rings. The van der Waals surface area contributed by atoms with Gasteiger partial charge >= 0.3 is 0 Å². The van der Waals surface area contributed by atoms with Crippen LogP contribution in [0.25, 0.3) is 0 Å². The van der Waals surface area contributed by atoms with Gasteiger partial charge in [0.2, 0.25) is 5.91 Å². The highest BCUT2D eigenvalue weighted by atomic mass is 32.2. The van der Waals surface area contributed by atoms with Crippen LogP contribution in [0.5, 0.6) is 0 Å². The minimum absolute atomic E-state index is 0.00441. The molecule has 0 saturated carbocycles. The van der Waals surface area contributed by atoms with Gasteiger partial charge in [0.1, 0.15) is 5.82 Å². The number of amides is 1. The van der Waals surface area contributed by atoms with Gasteiger partial charge in [-0.05, 0) is 90.6 Å². The number of rotatable bonds is 6. The fourth-order valence-electron chi connectivity index (χ4n) is 5.31. The number of aryl methyl sites for hydroxylation is 2. The molecule has 1 saturated heterocycles. The van der Waals surface area contributed by atoms with Crippen molar-refractivity contribution in [2.45, 2.75) is 42.0 Å². The lowest BCUT2D eigenvalue weighted by Crippen LogP contribution is -2.39. The van der Waals surface area contributed by atoms with Gasteiger partial charge in [0.05, 0.1) is 6.04 Å². The number of likely N-dealkylation sites (tertiary alicyclic amines) is 1. The molecule has 6 rings (SSSR count). The Labute approximate surface area is 226 Å². The Morgan fingerprint density at radius 3 is 2.55 bits per heavy atom. The van der Waals surface area contributed by atoms with E-state index < -0.39 is 0 Å². The third-order valence-corrected chi connectivity index (χ3v) is 8.47. The van der Waals surface area contributed by atoms with Gasteiger partial charge in [0.25, 0.3) is 0 Å². The first-order valence-corrected chi connectivity index (χ1v) is 13.8. The maximum absolute atomic E-state index is 13.6. The number of fused-ring (bicyclic) bond motifs is 2. The van der Waals surface area contributed by atoms with Crippen LogP contribution in [0, 0.1) is 5.82 Å². The van der Waals surface area contributed by atoms with Crippen molar-refractivity contribution in [1.29, 1.82) is 0 Å². The fraction of sp³-hybridized carbons (Fsp3) is 0.226. The number of nitrogens with one attached hydrogen (secondary N) is 2. The molecule has 2 aliphatic heterocycles. The van der Waals surface area contributed by atoms with Crippen molar-refractivity contribution in [3.63, 3.8) is 0 Å². The van der Waals surface area contributed by atoms with E-state index in [0.717, 1.165) is 53.3 Å². The number of para-hydroxylation sites is 1. The van der Waals surface area contributed by atoms with E-state index in [0.29, 0.717) is 6.54 Å². The Morgan fingerprint density at radius 2 is 1.74 bits per heavy atom. The third-order valence-electron chi connectivity index (χ3n) is 7.25. The average molecular weight is 525 g/mol. The van der Waals surface area contributed by atoms with Crippen LogP contribution in [0.4, 0.5) is 21.5 Å². The van der Waals surface area contributed by atoms with Crippen molar-refractivity contribution in [3.05, 3.63) is 114 Å². The number of anilines is 3. The Morgan fingerprint density at radius 1 is 0.974 bits per heavy atom. The Bertz CT molecular complexity index is 1430. The minimum atomic E-state index is -0.270. The van der Waals surface area contributed by atoms with Crippen LogP contribution < -0.4 is 10.6 Å². The van der Waals surface area contributed by atoms with E-state index in [1.54, 1.807) is 36.3 Å². The van der Waals surface area contributed by atoms with E-state index in [4.69, 9.17) is 0 Å². The predicted octanol–water partition coefficient (Wildman–Crippen LogP) is 6.44. The summed E-state index contributed by atoms with van der Waals surface area (Å²) < 4.78 is 13.4. The summed E-state index contributed by atoms with van der Waals surface area (Å²) in [5.41, 5.74) is 6.62. The van der Waals surface area contributed by atoms with Gasteiger partial charge in [-0.3, -0.25) is 14.7 Å². The zero-order valence-corrected chi connectivity index (χ0v) is 21.8. The van der Waals surface area contributed by atoms with Crippen LogP contribution >= 0.6 is 11.8 Å². The Balaban J connectivity index is 1.19. The molecule has 0 bridgehead atoms. The van der Waals surface area contributed by atoms with Crippen LogP contribution in [0.3, 0.4) is 0 Å². The summed E-state index contributed by atoms with van der Waals surface area (Å²) in [7, 11) is 0. The molecule has 1 amide bonds. The average Bonchev–Trinajstić information content (AvgIpc) is 3.22. The largest absolute Gasteiger partial charge is 0.355 e. The number of thioether (sulfide) groups is 1. The van der Waals surface area contributed by atoms with Crippen molar-refractivity contribution >= 4 is 34.7 Å². The first kappa shape index (κ1) is 24.6. The van der Waals surface area contributed by atoms with Gasteiger partial charge in [-0.2, -0.15) is 0 Å². The molecular formula is C31H29FN4OS. The summed E-state index contributed by atoms with van der Waals surface area (Å²) in [6, 6.07) is 24.8. The summed E-state index contributed by atoms with van der Waals surface area (Å²) in [6.45, 7) is 1.44. The number of carbonyl (C=O) groups is 1. The maximum atomic E-state index is 13.6. The highest BCUT2D eigenvalue weighted by Gasteiger charge is 2.37. The second kappa shape index (κ2) is 11.0. The predicted molar refractivity (Wildman–Crippen MR) is 151 cm³/mol. The second-order valence-corrected chi connectivity index (χ2v) is 11.2. The number of hydrogen-bond acceptors (Lipinski definition) is 5. The molecule has 2 atom stereocenters. The van der Waals surface area contributed by atoms with Crippen LogP contribution in [-0.4, -0.2) is 33.6 Å². The maximum Gasteiger partial charge on any atom is 0.241 e. The van der Waals surface area contributed by atoms with Crippen molar-refractivity contribution in [2.75, 3.05) is 17.2 Å². The number of benzene rings is 3. The molecule has 4 aromatic rings. The first-order chi connectivity index (χ1) is 18.6. The monoisotopic (exact) mass is 524 g/mol. The standard InChI is InChI=1S/C31H29FN4OS/c32-24-8-11-26(12-9-24)38-27-18-30(36(20-27)19-21-13-15-33-16-14-21)31(37)34-25-10-7-23-6-5-22-3-1-2-4-28(22)35-29(23)17-25/h1-4,7-17,27,30,35H,5-6,18-20H2,(H,34,37)/t27-,30+/m1/s1. The SMILES string of the molecule is O=C(Nc1ccc2c(c1)Nc1ccccc1CC2)[C@@H]1C[C@@H](Sc2ccc(F)cc2)CN1Cc1ccncc1. The molecular weight excluding hydrogens is 495 g/mol.